The number of aryl methyl sites for hydroxylation is 3. The fourth-order valence-corrected chi connectivity index (χ4v) is 3.34. The summed E-state index contributed by atoms with van der Waals surface area (Å²) in [6.07, 6.45) is 2.96. The van der Waals surface area contributed by atoms with Crippen LogP contribution in [0, 0.1) is 26.6 Å². The number of para-hydroxylation sites is 1. The third-order valence-electron chi connectivity index (χ3n) is 4.86. The Labute approximate surface area is 153 Å². The van der Waals surface area contributed by atoms with Crippen LogP contribution in [-0.2, 0) is 13.0 Å². The second kappa shape index (κ2) is 7.24. The van der Waals surface area contributed by atoms with E-state index in [0.29, 0.717) is 11.3 Å². The standard InChI is InChI=1S/C22H24FN2O/c1-5-18-11-10-15(2)24(13-18)14-22(26)19-12-16(3)25(17(19)4)21-9-7-6-8-20(21)23/h6-13H,5,14H2,1-4H3/q+1. The first-order valence-corrected chi connectivity index (χ1v) is 8.88. The van der Waals surface area contributed by atoms with Gasteiger partial charge in [0.05, 0.1) is 5.69 Å². The molecule has 0 unspecified atom stereocenters. The van der Waals surface area contributed by atoms with Gasteiger partial charge >= 0.3 is 0 Å². The van der Waals surface area contributed by atoms with Crippen molar-refractivity contribution in [2.24, 2.45) is 0 Å². The van der Waals surface area contributed by atoms with Gasteiger partial charge in [0.25, 0.3) is 0 Å². The Hall–Kier alpha value is -2.75. The second-order valence-corrected chi connectivity index (χ2v) is 6.65. The maximum absolute atomic E-state index is 14.2. The first-order chi connectivity index (χ1) is 12.4. The van der Waals surface area contributed by atoms with Gasteiger partial charge in [0.1, 0.15) is 5.82 Å². The number of hydrogen-bond acceptors (Lipinski definition) is 1. The first kappa shape index (κ1) is 18.1. The molecule has 3 nitrogen and oxygen atoms in total. The molecule has 0 N–H and O–H groups in total. The largest absolute Gasteiger partial charge is 0.315 e. The summed E-state index contributed by atoms with van der Waals surface area (Å²) < 4.78 is 18.0. The van der Waals surface area contributed by atoms with E-state index in [1.54, 1.807) is 18.2 Å². The number of carbonyl (C=O) groups is 1. The highest BCUT2D eigenvalue weighted by Crippen LogP contribution is 2.23. The van der Waals surface area contributed by atoms with E-state index < -0.39 is 0 Å². The van der Waals surface area contributed by atoms with Crippen molar-refractivity contribution in [1.82, 2.24) is 4.57 Å². The van der Waals surface area contributed by atoms with E-state index in [9.17, 15) is 9.18 Å². The molecule has 0 aliphatic carbocycles. The van der Waals surface area contributed by atoms with E-state index >= 15 is 0 Å². The van der Waals surface area contributed by atoms with Crippen molar-refractivity contribution >= 4 is 5.78 Å². The van der Waals surface area contributed by atoms with E-state index in [1.807, 2.05) is 48.2 Å². The molecule has 26 heavy (non-hydrogen) atoms. The zero-order chi connectivity index (χ0) is 18.8. The van der Waals surface area contributed by atoms with Gasteiger partial charge in [-0.2, -0.15) is 4.57 Å². The van der Waals surface area contributed by atoms with Crippen molar-refractivity contribution < 1.29 is 13.8 Å². The number of carbonyl (C=O) groups excluding carboxylic acids is 1. The Morgan fingerprint density at radius 2 is 1.85 bits per heavy atom. The number of rotatable bonds is 5. The Morgan fingerprint density at radius 3 is 2.54 bits per heavy atom. The highest BCUT2D eigenvalue weighted by molar-refractivity contribution is 5.96. The molecule has 0 fully saturated rings. The lowest BCUT2D eigenvalue weighted by atomic mass is 10.1. The highest BCUT2D eigenvalue weighted by atomic mass is 19.1. The van der Waals surface area contributed by atoms with Crippen molar-refractivity contribution in [3.8, 4) is 5.69 Å². The van der Waals surface area contributed by atoms with E-state index in [-0.39, 0.29) is 18.1 Å². The van der Waals surface area contributed by atoms with E-state index in [2.05, 4.69) is 13.0 Å². The molecule has 0 aliphatic rings. The lowest BCUT2D eigenvalue weighted by molar-refractivity contribution is -0.689. The molecule has 3 aromatic rings. The van der Waals surface area contributed by atoms with Crippen molar-refractivity contribution in [3.63, 3.8) is 0 Å². The van der Waals surface area contributed by atoms with Gasteiger partial charge in [-0.3, -0.25) is 4.79 Å². The number of hydrogen-bond donors (Lipinski definition) is 0. The lowest BCUT2D eigenvalue weighted by Gasteiger charge is -2.10. The van der Waals surface area contributed by atoms with Crippen LogP contribution in [0.5, 0.6) is 0 Å². The molecular weight excluding hydrogens is 327 g/mol. The Balaban J connectivity index is 1.97. The maximum Gasteiger partial charge on any atom is 0.229 e. The predicted octanol–water partition coefficient (Wildman–Crippen LogP) is 4.27. The second-order valence-electron chi connectivity index (χ2n) is 6.65. The van der Waals surface area contributed by atoms with Gasteiger partial charge in [-0.1, -0.05) is 19.1 Å². The molecule has 0 aliphatic heterocycles. The van der Waals surface area contributed by atoms with Crippen molar-refractivity contribution in [3.05, 3.63) is 82.7 Å². The van der Waals surface area contributed by atoms with Gasteiger partial charge in [-0.25, -0.2) is 4.39 Å². The molecular formula is C22H24FN2O+. The summed E-state index contributed by atoms with van der Waals surface area (Å²) >= 11 is 0. The molecule has 0 atom stereocenters. The molecule has 2 heterocycles. The summed E-state index contributed by atoms with van der Waals surface area (Å²) in [7, 11) is 0. The molecule has 0 spiro atoms. The van der Waals surface area contributed by atoms with Crippen LogP contribution in [-0.4, -0.2) is 10.4 Å². The van der Waals surface area contributed by atoms with E-state index in [4.69, 9.17) is 0 Å². The van der Waals surface area contributed by atoms with Crippen LogP contribution < -0.4 is 4.57 Å². The summed E-state index contributed by atoms with van der Waals surface area (Å²) in [5, 5.41) is 0. The molecule has 2 aromatic heterocycles. The van der Waals surface area contributed by atoms with Crippen LogP contribution in [0.2, 0.25) is 0 Å². The number of Topliss-reactive ketones (excluding diaryl/α,β-unsaturated/α-hetero) is 1. The number of benzene rings is 1. The lowest BCUT2D eigenvalue weighted by Crippen LogP contribution is -2.41. The first-order valence-electron chi connectivity index (χ1n) is 8.88. The van der Waals surface area contributed by atoms with Crippen LogP contribution in [0.15, 0.2) is 48.7 Å². The summed E-state index contributed by atoms with van der Waals surface area (Å²) in [5.41, 5.74) is 4.96. The van der Waals surface area contributed by atoms with Gasteiger partial charge in [0, 0.05) is 35.5 Å². The Bertz CT molecular complexity index is 972. The summed E-state index contributed by atoms with van der Waals surface area (Å²) in [4.78, 5) is 12.9. The molecule has 0 saturated carbocycles. The fraction of sp³-hybridized carbons (Fsp3) is 0.273. The minimum Gasteiger partial charge on any atom is -0.315 e. The highest BCUT2D eigenvalue weighted by Gasteiger charge is 2.22. The van der Waals surface area contributed by atoms with Crippen LogP contribution in [0.3, 0.4) is 0 Å². The predicted molar refractivity (Wildman–Crippen MR) is 100 cm³/mol. The zero-order valence-corrected chi connectivity index (χ0v) is 15.7. The number of ketones is 1. The summed E-state index contributed by atoms with van der Waals surface area (Å²) in [6.45, 7) is 8.13. The van der Waals surface area contributed by atoms with E-state index in [1.165, 1.54) is 11.6 Å². The average Bonchev–Trinajstić information content (AvgIpc) is 2.92. The van der Waals surface area contributed by atoms with Gasteiger partial charge in [0.2, 0.25) is 12.3 Å². The van der Waals surface area contributed by atoms with Gasteiger partial charge in [-0.05, 0) is 44.5 Å². The number of aromatic nitrogens is 2. The molecule has 3 rings (SSSR count). The Morgan fingerprint density at radius 1 is 1.12 bits per heavy atom. The van der Waals surface area contributed by atoms with Crippen LogP contribution in [0.1, 0.15) is 39.9 Å². The van der Waals surface area contributed by atoms with Gasteiger partial charge in [-0.15, -0.1) is 0 Å². The van der Waals surface area contributed by atoms with Crippen LogP contribution in [0.4, 0.5) is 4.39 Å². The van der Waals surface area contributed by atoms with Crippen molar-refractivity contribution in [2.45, 2.75) is 40.7 Å². The fourth-order valence-electron chi connectivity index (χ4n) is 3.34. The molecule has 0 radical (unpaired) electrons. The third-order valence-corrected chi connectivity index (χ3v) is 4.86. The van der Waals surface area contributed by atoms with Crippen molar-refractivity contribution in [2.75, 3.05) is 0 Å². The van der Waals surface area contributed by atoms with Crippen LogP contribution in [0.25, 0.3) is 5.69 Å². The topological polar surface area (TPSA) is 25.9 Å². The SMILES string of the molecule is CCc1ccc(C)[n+](CC(=O)c2cc(C)n(-c3ccccc3F)c2C)c1. The van der Waals surface area contributed by atoms with Gasteiger partial charge in [0.15, 0.2) is 11.9 Å². The number of pyridine rings is 1. The molecule has 4 heteroatoms. The summed E-state index contributed by atoms with van der Waals surface area (Å²) in [5.74, 6) is -0.267. The molecule has 0 saturated heterocycles. The maximum atomic E-state index is 14.2. The molecule has 134 valence electrons. The van der Waals surface area contributed by atoms with Crippen molar-refractivity contribution in [1.29, 1.82) is 0 Å². The minimum absolute atomic E-state index is 0.0297. The Kier molecular flexibility index (Phi) is 5.03. The van der Waals surface area contributed by atoms with E-state index in [0.717, 1.165) is 23.5 Å². The zero-order valence-electron chi connectivity index (χ0n) is 15.7. The monoisotopic (exact) mass is 351 g/mol. The van der Waals surface area contributed by atoms with Gasteiger partial charge < -0.3 is 4.57 Å². The third kappa shape index (κ3) is 3.32. The smallest absolute Gasteiger partial charge is 0.229 e. The van der Waals surface area contributed by atoms with Crippen LogP contribution >= 0.6 is 0 Å². The molecule has 0 amide bonds. The summed E-state index contributed by atoms with van der Waals surface area (Å²) in [6, 6.07) is 12.6. The quantitative estimate of drug-likeness (QED) is 0.498. The number of halogens is 1. The normalized spacial score (nSPS) is 11.0. The number of nitrogens with zero attached hydrogens (tertiary/aromatic N) is 2. The average molecular weight is 351 g/mol. The molecule has 0 bridgehead atoms. The molecule has 1 aromatic carbocycles. The minimum atomic E-state index is -0.297.